The third kappa shape index (κ3) is 5.30. The molecule has 0 aliphatic rings. The summed E-state index contributed by atoms with van der Waals surface area (Å²) in [6, 6.07) is 11.6. The van der Waals surface area contributed by atoms with E-state index in [0.29, 0.717) is 17.1 Å². The zero-order chi connectivity index (χ0) is 30.3. The van der Waals surface area contributed by atoms with Crippen LogP contribution >= 0.6 is 0 Å². The van der Waals surface area contributed by atoms with Gasteiger partial charge in [0.2, 0.25) is 34.8 Å². The van der Waals surface area contributed by atoms with Crippen LogP contribution in [-0.4, -0.2) is 30.5 Å². The highest BCUT2D eigenvalue weighted by molar-refractivity contribution is 7.87. The Balaban J connectivity index is 1.64. The van der Waals surface area contributed by atoms with Crippen LogP contribution in [0.5, 0.6) is 11.5 Å². The molecule has 0 N–H and O–H groups in total. The van der Waals surface area contributed by atoms with E-state index in [9.17, 15) is 35.2 Å². The van der Waals surface area contributed by atoms with E-state index in [4.69, 9.17) is 9.26 Å². The maximum Gasteiger partial charge on any atom is 0.339 e. The fourth-order valence-corrected chi connectivity index (χ4v) is 5.12. The zero-order valence-electron chi connectivity index (χ0n) is 21.6. The number of methoxy groups -OCH3 is 1. The smallest absolute Gasteiger partial charge is 0.339 e. The van der Waals surface area contributed by atoms with Crippen molar-refractivity contribution in [2.75, 3.05) is 7.11 Å². The third-order valence-corrected chi connectivity index (χ3v) is 7.36. The molecule has 9 nitrogen and oxygen atoms in total. The van der Waals surface area contributed by atoms with Crippen molar-refractivity contribution in [3.63, 3.8) is 0 Å². The van der Waals surface area contributed by atoms with Gasteiger partial charge in [0, 0.05) is 17.9 Å². The molecule has 5 aromatic rings. The maximum absolute atomic E-state index is 14.1. The molecule has 0 spiro atoms. The molecule has 15 heteroatoms. The van der Waals surface area contributed by atoms with Crippen LogP contribution in [0.3, 0.4) is 0 Å². The van der Waals surface area contributed by atoms with Gasteiger partial charge in [-0.25, -0.2) is 17.9 Å². The summed E-state index contributed by atoms with van der Waals surface area (Å²) >= 11 is 0. The van der Waals surface area contributed by atoms with E-state index in [1.165, 1.54) is 13.2 Å². The van der Waals surface area contributed by atoms with E-state index in [0.717, 1.165) is 22.4 Å². The normalized spacial score (nSPS) is 11.7. The largest absolute Gasteiger partial charge is 0.497 e. The standard InChI is InChI=1S/C27H18F5N3O6S/c1-13-8-16(40-34-13)12-35-27(36)19-11-17(42(37,38)41-26-24(31)22(29)21(28)23(30)25(26)32)6-7-18(19)20(33-35)10-14-4-3-5-15(9-14)39-2/h3-9,11H,10,12H2,1-2H3. The average Bonchev–Trinajstić information content (AvgIpc) is 3.39. The first-order chi connectivity index (χ1) is 19.9. The van der Waals surface area contributed by atoms with Gasteiger partial charge >= 0.3 is 10.1 Å². The van der Waals surface area contributed by atoms with Crippen LogP contribution in [0, 0.1) is 36.0 Å². The minimum atomic E-state index is -5.21. The molecule has 42 heavy (non-hydrogen) atoms. The van der Waals surface area contributed by atoms with E-state index < -0.39 is 55.4 Å². The summed E-state index contributed by atoms with van der Waals surface area (Å²) in [4.78, 5) is 12.6. The molecule has 218 valence electrons. The van der Waals surface area contributed by atoms with Crippen LogP contribution < -0.4 is 14.5 Å². The molecule has 0 saturated carbocycles. The highest BCUT2D eigenvalue weighted by atomic mass is 32.2. The zero-order valence-corrected chi connectivity index (χ0v) is 22.4. The minimum absolute atomic E-state index is 0.163. The van der Waals surface area contributed by atoms with Crippen LogP contribution in [0.2, 0.25) is 0 Å². The summed E-state index contributed by atoms with van der Waals surface area (Å²) < 4.78 is 111. The fraction of sp³-hybridized carbons (Fsp3) is 0.148. The highest BCUT2D eigenvalue weighted by Gasteiger charge is 2.31. The Labute approximate surface area is 233 Å². The number of halogens is 5. The van der Waals surface area contributed by atoms with E-state index in [1.54, 1.807) is 37.3 Å². The Kier molecular flexibility index (Phi) is 7.45. The molecule has 0 atom stereocenters. The Morgan fingerprint density at radius 1 is 0.905 bits per heavy atom. The molecular formula is C27H18F5N3O6S. The Morgan fingerprint density at radius 3 is 2.24 bits per heavy atom. The second-order valence-electron chi connectivity index (χ2n) is 9.02. The summed E-state index contributed by atoms with van der Waals surface area (Å²) in [5.74, 6) is -13.4. The molecule has 0 radical (unpaired) electrons. The van der Waals surface area contributed by atoms with E-state index in [2.05, 4.69) is 14.4 Å². The van der Waals surface area contributed by atoms with Crippen molar-refractivity contribution in [2.45, 2.75) is 24.8 Å². The SMILES string of the molecule is COc1cccc(Cc2nn(Cc3cc(C)no3)c(=O)c3cc(S(=O)(=O)Oc4c(F)c(F)c(F)c(F)c4F)ccc23)c1. The Hall–Kier alpha value is -4.79. The number of hydrogen-bond donors (Lipinski definition) is 0. The molecule has 2 aromatic heterocycles. The summed E-state index contributed by atoms with van der Waals surface area (Å²) in [7, 11) is -3.72. The van der Waals surface area contributed by atoms with Crippen LogP contribution in [0.15, 0.2) is 62.7 Å². The Bertz CT molecular complexity index is 2000. The number of nitrogens with zero attached hydrogens (tertiary/aromatic N) is 3. The molecule has 0 aliphatic carbocycles. The average molecular weight is 608 g/mol. The van der Waals surface area contributed by atoms with Gasteiger partial charge in [0.15, 0.2) is 5.76 Å². The fourth-order valence-electron chi connectivity index (χ4n) is 4.16. The van der Waals surface area contributed by atoms with Crippen molar-refractivity contribution in [3.05, 3.63) is 111 Å². The van der Waals surface area contributed by atoms with Crippen molar-refractivity contribution < 1.29 is 43.8 Å². The number of rotatable bonds is 8. The topological polar surface area (TPSA) is 114 Å². The van der Waals surface area contributed by atoms with Crippen LogP contribution in [0.4, 0.5) is 22.0 Å². The van der Waals surface area contributed by atoms with Crippen molar-refractivity contribution >= 4 is 20.9 Å². The first-order valence-electron chi connectivity index (χ1n) is 11.9. The minimum Gasteiger partial charge on any atom is -0.497 e. The van der Waals surface area contributed by atoms with Crippen molar-refractivity contribution in [1.82, 2.24) is 14.9 Å². The van der Waals surface area contributed by atoms with Gasteiger partial charge in [-0.2, -0.15) is 22.3 Å². The first-order valence-corrected chi connectivity index (χ1v) is 13.3. The lowest BCUT2D eigenvalue weighted by molar-refractivity contribution is 0.346. The van der Waals surface area contributed by atoms with Crippen LogP contribution in [0.1, 0.15) is 22.7 Å². The molecular weight excluding hydrogens is 589 g/mol. The predicted octanol–water partition coefficient (Wildman–Crippen LogP) is 4.80. The van der Waals surface area contributed by atoms with Gasteiger partial charge in [-0.15, -0.1) is 0 Å². The van der Waals surface area contributed by atoms with Crippen molar-refractivity contribution in [2.24, 2.45) is 0 Å². The monoisotopic (exact) mass is 607 g/mol. The van der Waals surface area contributed by atoms with Gasteiger partial charge in [0.25, 0.3) is 5.56 Å². The van der Waals surface area contributed by atoms with E-state index >= 15 is 0 Å². The maximum atomic E-state index is 14.1. The first kappa shape index (κ1) is 28.7. The number of hydrogen-bond acceptors (Lipinski definition) is 8. The van der Waals surface area contributed by atoms with Crippen molar-refractivity contribution in [1.29, 1.82) is 0 Å². The number of aryl methyl sites for hydroxylation is 1. The Morgan fingerprint density at radius 2 is 1.60 bits per heavy atom. The summed E-state index contributed by atoms with van der Waals surface area (Å²) in [6.07, 6.45) is 0.163. The number of benzene rings is 3. The molecule has 0 bridgehead atoms. The number of ether oxygens (including phenoxy) is 1. The number of fused-ring (bicyclic) bond motifs is 1. The van der Waals surface area contributed by atoms with Crippen molar-refractivity contribution in [3.8, 4) is 11.5 Å². The molecule has 3 aromatic carbocycles. The van der Waals surface area contributed by atoms with Gasteiger partial charge in [-0.1, -0.05) is 23.4 Å². The lowest BCUT2D eigenvalue weighted by atomic mass is 10.0. The van der Waals surface area contributed by atoms with Crippen LogP contribution in [0.25, 0.3) is 10.8 Å². The lowest BCUT2D eigenvalue weighted by Gasteiger charge is -2.13. The predicted molar refractivity (Wildman–Crippen MR) is 136 cm³/mol. The van der Waals surface area contributed by atoms with E-state index in [1.807, 2.05) is 0 Å². The second kappa shape index (κ2) is 10.9. The molecule has 2 heterocycles. The van der Waals surface area contributed by atoms with Gasteiger partial charge < -0.3 is 13.4 Å². The van der Waals surface area contributed by atoms with Gasteiger partial charge in [-0.05, 0) is 36.8 Å². The second-order valence-corrected chi connectivity index (χ2v) is 10.6. The van der Waals surface area contributed by atoms with Gasteiger partial charge in [-0.3, -0.25) is 4.79 Å². The van der Waals surface area contributed by atoms with Crippen LogP contribution in [-0.2, 0) is 23.1 Å². The summed E-state index contributed by atoms with van der Waals surface area (Å²) in [5.41, 5.74) is 0.824. The van der Waals surface area contributed by atoms with E-state index in [-0.39, 0.29) is 29.5 Å². The summed E-state index contributed by atoms with van der Waals surface area (Å²) in [6.45, 7) is 1.48. The third-order valence-electron chi connectivity index (χ3n) is 6.15. The lowest BCUT2D eigenvalue weighted by Crippen LogP contribution is -2.25. The molecule has 0 amide bonds. The summed E-state index contributed by atoms with van der Waals surface area (Å²) in [5, 5.41) is 8.24. The quantitative estimate of drug-likeness (QED) is 0.107. The molecule has 0 fully saturated rings. The van der Waals surface area contributed by atoms with Gasteiger partial charge in [0.05, 0.1) is 23.9 Å². The molecule has 0 aliphatic heterocycles. The molecule has 0 unspecified atom stereocenters. The number of aromatic nitrogens is 3. The molecule has 5 rings (SSSR count). The van der Waals surface area contributed by atoms with Gasteiger partial charge in [0.1, 0.15) is 17.2 Å². The molecule has 0 saturated heterocycles. The highest BCUT2D eigenvalue weighted by Crippen LogP contribution is 2.32.